The number of aromatic nitrogens is 5. The summed E-state index contributed by atoms with van der Waals surface area (Å²) >= 11 is 1.49. The van der Waals surface area contributed by atoms with Gasteiger partial charge in [0.05, 0.1) is 19.8 Å². The summed E-state index contributed by atoms with van der Waals surface area (Å²) in [5.74, 6) is 1.93. The van der Waals surface area contributed by atoms with Crippen LogP contribution in [0.25, 0.3) is 0 Å². The molecule has 1 N–H and O–H groups in total. The predicted octanol–water partition coefficient (Wildman–Crippen LogP) is 1.75. The highest BCUT2D eigenvalue weighted by Crippen LogP contribution is 2.24. The minimum Gasteiger partial charge on any atom is -0.469 e. The van der Waals surface area contributed by atoms with Crippen LogP contribution in [0.5, 0.6) is 5.19 Å². The van der Waals surface area contributed by atoms with Crippen molar-refractivity contribution in [1.29, 1.82) is 0 Å². The number of rotatable bonds is 6. The molecule has 0 bridgehead atoms. The molecular weight excluding hydrogens is 316 g/mol. The Labute approximate surface area is 139 Å². The van der Waals surface area contributed by atoms with Crippen LogP contribution >= 0.6 is 11.3 Å². The van der Waals surface area contributed by atoms with E-state index in [2.05, 4.69) is 44.1 Å². The summed E-state index contributed by atoms with van der Waals surface area (Å²) in [6.07, 6.45) is -0.0805. The lowest BCUT2D eigenvalue weighted by Crippen LogP contribution is -2.38. The van der Waals surface area contributed by atoms with Crippen molar-refractivity contribution in [2.45, 2.75) is 39.3 Å². The van der Waals surface area contributed by atoms with E-state index in [1.165, 1.54) is 11.3 Å². The van der Waals surface area contributed by atoms with E-state index in [9.17, 15) is 0 Å². The van der Waals surface area contributed by atoms with Crippen molar-refractivity contribution in [2.24, 2.45) is 0 Å². The Morgan fingerprint density at radius 2 is 2.30 bits per heavy atom. The first-order valence-corrected chi connectivity index (χ1v) is 8.68. The number of morpholine rings is 1. The lowest BCUT2D eigenvalue weighted by molar-refractivity contribution is -0.0371. The van der Waals surface area contributed by atoms with Crippen LogP contribution < -0.4 is 4.74 Å². The van der Waals surface area contributed by atoms with Crippen molar-refractivity contribution in [2.75, 3.05) is 26.3 Å². The zero-order chi connectivity index (χ0) is 16.2. The Hall–Kier alpha value is -1.58. The minimum absolute atomic E-state index is 0.0805. The van der Waals surface area contributed by atoms with E-state index < -0.39 is 0 Å². The van der Waals surface area contributed by atoms with Gasteiger partial charge in [-0.3, -0.25) is 10.00 Å². The third-order valence-electron chi connectivity index (χ3n) is 3.57. The number of hydrogen-bond donors (Lipinski definition) is 1. The Bertz CT molecular complexity index is 628. The SMILES string of the molecule is CCOc1nnc(CN2CCOC(c3nc(C(C)C)n[nH]3)C2)s1. The van der Waals surface area contributed by atoms with Crippen molar-refractivity contribution in [3.63, 3.8) is 0 Å². The van der Waals surface area contributed by atoms with Crippen molar-refractivity contribution < 1.29 is 9.47 Å². The van der Waals surface area contributed by atoms with E-state index in [0.717, 1.165) is 36.3 Å². The maximum absolute atomic E-state index is 5.84. The molecule has 0 amide bonds. The van der Waals surface area contributed by atoms with Gasteiger partial charge in [-0.2, -0.15) is 5.10 Å². The molecule has 2 aromatic heterocycles. The molecule has 23 heavy (non-hydrogen) atoms. The molecule has 0 saturated carbocycles. The molecule has 1 aliphatic heterocycles. The van der Waals surface area contributed by atoms with Crippen molar-refractivity contribution in [1.82, 2.24) is 30.3 Å². The zero-order valence-electron chi connectivity index (χ0n) is 13.7. The molecule has 1 fully saturated rings. The number of aromatic amines is 1. The van der Waals surface area contributed by atoms with Gasteiger partial charge in [0, 0.05) is 19.0 Å². The average molecular weight is 338 g/mol. The van der Waals surface area contributed by atoms with Gasteiger partial charge in [-0.15, -0.1) is 10.2 Å². The molecule has 0 aliphatic carbocycles. The third-order valence-corrected chi connectivity index (χ3v) is 4.39. The van der Waals surface area contributed by atoms with Gasteiger partial charge in [0.2, 0.25) is 0 Å². The van der Waals surface area contributed by atoms with Crippen LogP contribution in [0.4, 0.5) is 0 Å². The number of ether oxygens (including phenoxy) is 2. The van der Waals surface area contributed by atoms with Crippen LogP contribution in [0.1, 0.15) is 49.4 Å². The van der Waals surface area contributed by atoms with Gasteiger partial charge in [0.1, 0.15) is 11.1 Å². The molecule has 126 valence electrons. The fourth-order valence-electron chi connectivity index (χ4n) is 2.38. The van der Waals surface area contributed by atoms with Crippen molar-refractivity contribution >= 4 is 11.3 Å². The van der Waals surface area contributed by atoms with Gasteiger partial charge in [0.25, 0.3) is 5.19 Å². The highest BCUT2D eigenvalue weighted by atomic mass is 32.1. The van der Waals surface area contributed by atoms with E-state index >= 15 is 0 Å². The van der Waals surface area contributed by atoms with Gasteiger partial charge in [-0.1, -0.05) is 25.2 Å². The Morgan fingerprint density at radius 3 is 3.04 bits per heavy atom. The molecule has 0 aromatic carbocycles. The highest BCUT2D eigenvalue weighted by molar-refractivity contribution is 7.13. The number of nitrogens with zero attached hydrogens (tertiary/aromatic N) is 5. The monoisotopic (exact) mass is 338 g/mol. The molecule has 3 rings (SSSR count). The highest BCUT2D eigenvalue weighted by Gasteiger charge is 2.26. The summed E-state index contributed by atoms with van der Waals surface area (Å²) < 4.78 is 11.2. The van der Waals surface area contributed by atoms with Gasteiger partial charge >= 0.3 is 0 Å². The molecule has 8 nitrogen and oxygen atoms in total. The second-order valence-electron chi connectivity index (χ2n) is 5.72. The Balaban J connectivity index is 1.60. The molecule has 2 aromatic rings. The van der Waals surface area contributed by atoms with Crippen molar-refractivity contribution in [3.05, 3.63) is 16.7 Å². The smallest absolute Gasteiger partial charge is 0.294 e. The van der Waals surface area contributed by atoms with Crippen LogP contribution in [0.2, 0.25) is 0 Å². The van der Waals surface area contributed by atoms with E-state index in [1.807, 2.05) is 6.92 Å². The zero-order valence-corrected chi connectivity index (χ0v) is 14.5. The standard InChI is InChI=1S/C14H22N6O2S/c1-4-21-14-19-16-11(23-14)8-20-5-6-22-10(7-20)13-15-12(9(2)3)17-18-13/h9-10H,4-8H2,1-3H3,(H,15,17,18). The molecule has 3 heterocycles. The molecule has 1 unspecified atom stereocenters. The normalized spacial score (nSPS) is 19.4. The Morgan fingerprint density at radius 1 is 1.43 bits per heavy atom. The maximum atomic E-state index is 5.84. The van der Waals surface area contributed by atoms with E-state index in [0.29, 0.717) is 24.3 Å². The largest absolute Gasteiger partial charge is 0.469 e. The lowest BCUT2D eigenvalue weighted by atomic mass is 10.2. The summed E-state index contributed by atoms with van der Waals surface area (Å²) in [4.78, 5) is 6.83. The number of hydrogen-bond acceptors (Lipinski definition) is 8. The Kier molecular flexibility index (Phi) is 5.19. The van der Waals surface area contributed by atoms with E-state index in [4.69, 9.17) is 9.47 Å². The molecule has 1 atom stereocenters. The molecule has 0 spiro atoms. The van der Waals surface area contributed by atoms with Crippen LogP contribution in [0.15, 0.2) is 0 Å². The maximum Gasteiger partial charge on any atom is 0.294 e. The molecule has 0 radical (unpaired) electrons. The lowest BCUT2D eigenvalue weighted by Gasteiger charge is -2.30. The fraction of sp³-hybridized carbons (Fsp3) is 0.714. The summed E-state index contributed by atoms with van der Waals surface area (Å²) in [6.45, 7) is 9.74. The quantitative estimate of drug-likeness (QED) is 0.858. The number of nitrogens with one attached hydrogen (secondary N) is 1. The summed E-state index contributed by atoms with van der Waals surface area (Å²) in [7, 11) is 0. The fourth-order valence-corrected chi connectivity index (χ4v) is 3.17. The summed E-state index contributed by atoms with van der Waals surface area (Å²) in [5.41, 5.74) is 0. The summed E-state index contributed by atoms with van der Waals surface area (Å²) in [6, 6.07) is 0. The second kappa shape index (κ2) is 7.33. The van der Waals surface area contributed by atoms with Crippen LogP contribution in [-0.2, 0) is 11.3 Å². The first-order chi connectivity index (χ1) is 11.2. The molecule has 1 aliphatic rings. The minimum atomic E-state index is -0.0805. The summed E-state index contributed by atoms with van der Waals surface area (Å²) in [5, 5.41) is 17.0. The van der Waals surface area contributed by atoms with Crippen LogP contribution in [-0.4, -0.2) is 56.6 Å². The van der Waals surface area contributed by atoms with Crippen LogP contribution in [0.3, 0.4) is 0 Å². The van der Waals surface area contributed by atoms with Gasteiger partial charge in [-0.05, 0) is 6.92 Å². The predicted molar refractivity (Wildman–Crippen MR) is 85.5 cm³/mol. The number of H-pyrrole nitrogens is 1. The first kappa shape index (κ1) is 16.3. The van der Waals surface area contributed by atoms with E-state index in [1.54, 1.807) is 0 Å². The second-order valence-corrected chi connectivity index (χ2v) is 6.75. The topological polar surface area (TPSA) is 89.1 Å². The molecule has 1 saturated heterocycles. The molecular formula is C14H22N6O2S. The van der Waals surface area contributed by atoms with Gasteiger partial charge < -0.3 is 9.47 Å². The van der Waals surface area contributed by atoms with Gasteiger partial charge in [0.15, 0.2) is 11.6 Å². The van der Waals surface area contributed by atoms with Gasteiger partial charge in [-0.25, -0.2) is 4.98 Å². The first-order valence-electron chi connectivity index (χ1n) is 7.87. The third kappa shape index (κ3) is 4.04. The average Bonchev–Trinajstić information content (AvgIpc) is 3.17. The van der Waals surface area contributed by atoms with E-state index in [-0.39, 0.29) is 6.10 Å². The van der Waals surface area contributed by atoms with Crippen molar-refractivity contribution in [3.8, 4) is 5.19 Å². The van der Waals surface area contributed by atoms with Crippen LogP contribution in [0, 0.1) is 0 Å². The molecule has 9 heteroatoms.